The van der Waals surface area contributed by atoms with Crippen LogP contribution in [-0.4, -0.2) is 29.4 Å². The molecule has 0 aliphatic carbocycles. The lowest BCUT2D eigenvalue weighted by atomic mass is 10.1. The molecule has 1 unspecified atom stereocenters. The first-order valence-electron chi connectivity index (χ1n) is 5.54. The number of hydrogen-bond acceptors (Lipinski definition) is 5. The Morgan fingerprint density at radius 3 is 2.44 bits per heavy atom. The van der Waals surface area contributed by atoms with E-state index in [1.807, 2.05) is 0 Å². The molecule has 0 bridgehead atoms. The standard InChI is InChI=1S/C12H17N3O3/c1-8(16)7-14-12(18)11(15-13)6-9-2-4-10(17)5-3-9/h2-5,11,15,17H,6-7,13H2,1H3,(H,14,18). The van der Waals surface area contributed by atoms with Crippen molar-refractivity contribution in [3.05, 3.63) is 29.8 Å². The number of Topliss-reactive ketones (excluding diaryl/α,β-unsaturated/α-hetero) is 1. The number of phenolic OH excluding ortho intramolecular Hbond substituents is 1. The van der Waals surface area contributed by atoms with Crippen LogP contribution >= 0.6 is 0 Å². The van der Waals surface area contributed by atoms with Crippen LogP contribution in [0.4, 0.5) is 0 Å². The van der Waals surface area contributed by atoms with Crippen LogP contribution in [0.2, 0.25) is 0 Å². The van der Waals surface area contributed by atoms with Crippen LogP contribution in [0.3, 0.4) is 0 Å². The van der Waals surface area contributed by atoms with Gasteiger partial charge >= 0.3 is 0 Å². The number of hydrazine groups is 1. The summed E-state index contributed by atoms with van der Waals surface area (Å²) in [4.78, 5) is 22.5. The molecule has 5 N–H and O–H groups in total. The van der Waals surface area contributed by atoms with Crippen LogP contribution in [-0.2, 0) is 16.0 Å². The number of rotatable bonds is 6. The highest BCUT2D eigenvalue weighted by Crippen LogP contribution is 2.11. The number of aromatic hydroxyl groups is 1. The first kappa shape index (κ1) is 14.1. The molecule has 0 saturated heterocycles. The Hall–Kier alpha value is -1.92. The fourth-order valence-electron chi connectivity index (χ4n) is 1.43. The monoisotopic (exact) mass is 251 g/mol. The van der Waals surface area contributed by atoms with E-state index in [1.165, 1.54) is 19.1 Å². The Kier molecular flexibility index (Phi) is 5.29. The lowest BCUT2D eigenvalue weighted by molar-refractivity contribution is -0.126. The van der Waals surface area contributed by atoms with Crippen molar-refractivity contribution in [1.82, 2.24) is 10.7 Å². The van der Waals surface area contributed by atoms with E-state index in [1.54, 1.807) is 12.1 Å². The number of phenols is 1. The number of carbonyl (C=O) groups is 2. The molecule has 1 aromatic rings. The summed E-state index contributed by atoms with van der Waals surface area (Å²) in [5.41, 5.74) is 3.26. The van der Waals surface area contributed by atoms with E-state index in [-0.39, 0.29) is 24.0 Å². The second-order valence-corrected chi connectivity index (χ2v) is 4.01. The fourth-order valence-corrected chi connectivity index (χ4v) is 1.43. The minimum atomic E-state index is -0.617. The van der Waals surface area contributed by atoms with Crippen LogP contribution in [0.25, 0.3) is 0 Å². The van der Waals surface area contributed by atoms with Crippen molar-refractivity contribution in [3.8, 4) is 5.75 Å². The van der Waals surface area contributed by atoms with Crippen molar-refractivity contribution in [3.63, 3.8) is 0 Å². The van der Waals surface area contributed by atoms with E-state index in [4.69, 9.17) is 10.9 Å². The van der Waals surface area contributed by atoms with Gasteiger partial charge in [0.15, 0.2) is 0 Å². The number of hydrogen-bond donors (Lipinski definition) is 4. The summed E-state index contributed by atoms with van der Waals surface area (Å²) in [6, 6.07) is 5.87. The predicted octanol–water partition coefficient (Wildman–Crippen LogP) is -0.528. The Morgan fingerprint density at radius 2 is 1.94 bits per heavy atom. The molecule has 0 spiro atoms. The number of amides is 1. The highest BCUT2D eigenvalue weighted by molar-refractivity contribution is 5.87. The van der Waals surface area contributed by atoms with Gasteiger partial charge in [-0.1, -0.05) is 12.1 Å². The zero-order chi connectivity index (χ0) is 13.5. The normalized spacial score (nSPS) is 11.9. The third-order valence-corrected chi connectivity index (χ3v) is 2.41. The second kappa shape index (κ2) is 6.73. The molecule has 0 fully saturated rings. The highest BCUT2D eigenvalue weighted by atomic mass is 16.3. The first-order chi connectivity index (χ1) is 8.52. The molecule has 0 aliphatic heterocycles. The maximum atomic E-state index is 11.7. The lowest BCUT2D eigenvalue weighted by Gasteiger charge is -2.15. The Bertz CT molecular complexity index is 417. The molecular formula is C12H17N3O3. The average molecular weight is 251 g/mol. The SMILES string of the molecule is CC(=O)CNC(=O)C(Cc1ccc(O)cc1)NN. The van der Waals surface area contributed by atoms with Crippen LogP contribution in [0.15, 0.2) is 24.3 Å². The van der Waals surface area contributed by atoms with Gasteiger partial charge in [0.25, 0.3) is 0 Å². The number of ketones is 1. The highest BCUT2D eigenvalue weighted by Gasteiger charge is 2.17. The molecule has 0 saturated carbocycles. The predicted molar refractivity (Wildman–Crippen MR) is 66.6 cm³/mol. The summed E-state index contributed by atoms with van der Waals surface area (Å²) < 4.78 is 0. The van der Waals surface area contributed by atoms with Crippen LogP contribution < -0.4 is 16.6 Å². The Labute approximate surface area is 105 Å². The number of benzene rings is 1. The molecule has 6 nitrogen and oxygen atoms in total. The molecule has 0 heterocycles. The summed E-state index contributed by atoms with van der Waals surface area (Å²) >= 11 is 0. The molecule has 1 aromatic carbocycles. The molecule has 6 heteroatoms. The first-order valence-corrected chi connectivity index (χ1v) is 5.54. The largest absolute Gasteiger partial charge is 0.508 e. The molecule has 1 atom stereocenters. The summed E-state index contributed by atoms with van der Waals surface area (Å²) in [6.45, 7) is 1.39. The molecule has 0 radical (unpaired) electrons. The van der Waals surface area contributed by atoms with Crippen molar-refractivity contribution in [2.45, 2.75) is 19.4 Å². The van der Waals surface area contributed by atoms with Crippen LogP contribution in [0.1, 0.15) is 12.5 Å². The minimum Gasteiger partial charge on any atom is -0.508 e. The zero-order valence-corrected chi connectivity index (χ0v) is 10.1. The molecule has 18 heavy (non-hydrogen) atoms. The van der Waals surface area contributed by atoms with Crippen molar-refractivity contribution < 1.29 is 14.7 Å². The van der Waals surface area contributed by atoms with Gasteiger partial charge in [0.1, 0.15) is 17.6 Å². The third-order valence-electron chi connectivity index (χ3n) is 2.41. The number of carbonyl (C=O) groups excluding carboxylic acids is 2. The van der Waals surface area contributed by atoms with Crippen molar-refractivity contribution in [1.29, 1.82) is 0 Å². The summed E-state index contributed by atoms with van der Waals surface area (Å²) in [7, 11) is 0. The molecule has 0 aliphatic rings. The minimum absolute atomic E-state index is 0.00735. The van der Waals surface area contributed by atoms with E-state index >= 15 is 0 Å². The van der Waals surface area contributed by atoms with Gasteiger partial charge in [-0.05, 0) is 31.0 Å². The zero-order valence-electron chi connectivity index (χ0n) is 10.1. The van der Waals surface area contributed by atoms with Crippen molar-refractivity contribution in [2.75, 3.05) is 6.54 Å². The summed E-state index contributed by atoms with van der Waals surface area (Å²) in [5.74, 6) is 5.02. The van der Waals surface area contributed by atoms with E-state index in [0.717, 1.165) is 5.56 Å². The van der Waals surface area contributed by atoms with Gasteiger partial charge in [0.2, 0.25) is 5.91 Å². The maximum Gasteiger partial charge on any atom is 0.239 e. The quantitative estimate of drug-likeness (QED) is 0.402. The molecule has 98 valence electrons. The fraction of sp³-hybridized carbons (Fsp3) is 0.333. The van der Waals surface area contributed by atoms with E-state index in [0.29, 0.717) is 6.42 Å². The van der Waals surface area contributed by atoms with Gasteiger partial charge in [-0.15, -0.1) is 0 Å². The van der Waals surface area contributed by atoms with E-state index < -0.39 is 6.04 Å². The summed E-state index contributed by atoms with van der Waals surface area (Å²) in [5, 5.41) is 11.6. The average Bonchev–Trinajstić information content (AvgIpc) is 2.35. The second-order valence-electron chi connectivity index (χ2n) is 4.01. The third kappa shape index (κ3) is 4.52. The maximum absolute atomic E-state index is 11.7. The van der Waals surface area contributed by atoms with E-state index in [2.05, 4.69) is 10.7 Å². The topological polar surface area (TPSA) is 104 Å². The Morgan fingerprint density at radius 1 is 1.33 bits per heavy atom. The molecular weight excluding hydrogens is 234 g/mol. The van der Waals surface area contributed by atoms with E-state index in [9.17, 15) is 9.59 Å². The van der Waals surface area contributed by atoms with Gasteiger partial charge in [-0.2, -0.15) is 0 Å². The smallest absolute Gasteiger partial charge is 0.239 e. The van der Waals surface area contributed by atoms with Crippen LogP contribution in [0.5, 0.6) is 5.75 Å². The Balaban J connectivity index is 2.58. The lowest BCUT2D eigenvalue weighted by Crippen LogP contribution is -2.49. The van der Waals surface area contributed by atoms with Gasteiger partial charge in [-0.3, -0.25) is 15.4 Å². The summed E-state index contributed by atoms with van der Waals surface area (Å²) in [6.07, 6.45) is 0.376. The van der Waals surface area contributed by atoms with Gasteiger partial charge in [0.05, 0.1) is 6.54 Å². The van der Waals surface area contributed by atoms with Crippen molar-refractivity contribution >= 4 is 11.7 Å². The van der Waals surface area contributed by atoms with Crippen molar-refractivity contribution in [2.24, 2.45) is 5.84 Å². The van der Waals surface area contributed by atoms with Crippen LogP contribution in [0, 0.1) is 0 Å². The van der Waals surface area contributed by atoms with Gasteiger partial charge in [0, 0.05) is 0 Å². The number of nitrogens with one attached hydrogen (secondary N) is 2. The number of nitrogens with two attached hydrogens (primary N) is 1. The van der Waals surface area contributed by atoms with Gasteiger partial charge in [-0.25, -0.2) is 5.43 Å². The molecule has 1 rings (SSSR count). The molecule has 0 aromatic heterocycles. The van der Waals surface area contributed by atoms with Gasteiger partial charge < -0.3 is 10.4 Å². The molecule has 1 amide bonds.